The molecule has 0 aromatic carbocycles. The summed E-state index contributed by atoms with van der Waals surface area (Å²) < 4.78 is 10.4. The van der Waals surface area contributed by atoms with Gasteiger partial charge in [0.2, 0.25) is 5.89 Å². The maximum Gasteiger partial charge on any atom is 0.228 e. The van der Waals surface area contributed by atoms with Crippen LogP contribution in [0.4, 0.5) is 0 Å². The van der Waals surface area contributed by atoms with E-state index in [2.05, 4.69) is 29.3 Å². The average Bonchev–Trinajstić information content (AvgIpc) is 2.81. The van der Waals surface area contributed by atoms with Crippen molar-refractivity contribution >= 4 is 0 Å². The van der Waals surface area contributed by atoms with Crippen molar-refractivity contribution in [2.45, 2.75) is 52.2 Å². The number of hydrogen-bond donors (Lipinski definition) is 1. The molecular weight excluding hydrogens is 218 g/mol. The van der Waals surface area contributed by atoms with Gasteiger partial charge in [0, 0.05) is 19.6 Å². The summed E-state index contributed by atoms with van der Waals surface area (Å²) in [5.74, 6) is 1.30. The lowest BCUT2D eigenvalue weighted by Gasteiger charge is -2.13. The quantitative estimate of drug-likeness (QED) is 0.755. The molecule has 98 valence electrons. The highest BCUT2D eigenvalue weighted by atomic mass is 16.5. The molecule has 0 aliphatic rings. The fourth-order valence-electron chi connectivity index (χ4n) is 1.54. The first-order valence-corrected chi connectivity index (χ1v) is 6.29. The van der Waals surface area contributed by atoms with Crippen LogP contribution in [0, 0.1) is 0 Å². The van der Waals surface area contributed by atoms with Crippen molar-refractivity contribution < 1.29 is 9.26 Å². The molecule has 0 saturated carbocycles. The molecule has 0 aliphatic heterocycles. The third-order valence-electron chi connectivity index (χ3n) is 2.80. The van der Waals surface area contributed by atoms with Crippen LogP contribution < -0.4 is 5.32 Å². The van der Waals surface area contributed by atoms with E-state index >= 15 is 0 Å². The number of aromatic nitrogens is 2. The van der Waals surface area contributed by atoms with Crippen LogP contribution in [0.3, 0.4) is 0 Å². The Morgan fingerprint density at radius 3 is 2.76 bits per heavy atom. The number of nitrogens with one attached hydrogen (secondary N) is 1. The minimum atomic E-state index is -0.115. The maximum absolute atomic E-state index is 5.22. The monoisotopic (exact) mass is 241 g/mol. The molecule has 0 fully saturated rings. The molecule has 1 aromatic rings. The predicted octanol–water partition coefficient (Wildman–Crippen LogP) is 2.10. The summed E-state index contributed by atoms with van der Waals surface area (Å²) in [5, 5.41) is 7.38. The van der Waals surface area contributed by atoms with Crippen LogP contribution >= 0.6 is 0 Å². The molecule has 17 heavy (non-hydrogen) atoms. The van der Waals surface area contributed by atoms with Gasteiger partial charge in [-0.2, -0.15) is 4.98 Å². The highest BCUT2D eigenvalue weighted by molar-refractivity contribution is 4.92. The Morgan fingerprint density at radius 2 is 2.18 bits per heavy atom. The van der Waals surface area contributed by atoms with Crippen molar-refractivity contribution in [2.24, 2.45) is 0 Å². The molecule has 0 radical (unpaired) electrons. The molecule has 1 heterocycles. The Morgan fingerprint density at radius 1 is 1.41 bits per heavy atom. The second-order valence-corrected chi connectivity index (χ2v) is 4.19. The standard InChI is InChI=1S/C12H23N3O2/c1-5-7-13-10(6-2)8-11-14-12(15-17-11)9(3)16-4/h9-10,13H,5-8H2,1-4H3. The molecule has 0 spiro atoms. The lowest BCUT2D eigenvalue weighted by molar-refractivity contribution is 0.109. The fraction of sp³-hybridized carbons (Fsp3) is 0.833. The smallest absolute Gasteiger partial charge is 0.228 e. The van der Waals surface area contributed by atoms with Gasteiger partial charge in [-0.1, -0.05) is 19.0 Å². The van der Waals surface area contributed by atoms with Crippen molar-refractivity contribution in [3.63, 3.8) is 0 Å². The SMILES string of the molecule is CCCNC(CC)Cc1nc(C(C)OC)no1. The van der Waals surface area contributed by atoms with Crippen LogP contribution in [-0.4, -0.2) is 29.8 Å². The number of ether oxygens (including phenoxy) is 1. The van der Waals surface area contributed by atoms with E-state index in [-0.39, 0.29) is 6.10 Å². The van der Waals surface area contributed by atoms with Crippen LogP contribution in [0.1, 0.15) is 51.4 Å². The third-order valence-corrected chi connectivity index (χ3v) is 2.80. The first-order valence-electron chi connectivity index (χ1n) is 6.29. The Kier molecular flexibility index (Phi) is 6.15. The Hall–Kier alpha value is -0.940. The van der Waals surface area contributed by atoms with E-state index in [1.807, 2.05) is 6.92 Å². The number of hydrogen-bond acceptors (Lipinski definition) is 5. The first-order chi connectivity index (χ1) is 8.21. The van der Waals surface area contributed by atoms with Gasteiger partial charge in [-0.15, -0.1) is 0 Å². The highest BCUT2D eigenvalue weighted by Crippen LogP contribution is 2.12. The lowest BCUT2D eigenvalue weighted by atomic mass is 10.1. The fourth-order valence-corrected chi connectivity index (χ4v) is 1.54. The number of rotatable bonds is 8. The molecule has 5 heteroatoms. The van der Waals surface area contributed by atoms with Gasteiger partial charge < -0.3 is 14.6 Å². The summed E-state index contributed by atoms with van der Waals surface area (Å²) in [6.45, 7) is 7.24. The van der Waals surface area contributed by atoms with Gasteiger partial charge in [-0.25, -0.2) is 0 Å². The molecule has 2 atom stereocenters. The zero-order valence-corrected chi connectivity index (χ0v) is 11.2. The molecule has 0 bridgehead atoms. The van der Waals surface area contributed by atoms with Gasteiger partial charge >= 0.3 is 0 Å². The normalized spacial score (nSPS) is 14.8. The van der Waals surface area contributed by atoms with Crippen LogP contribution in [0.5, 0.6) is 0 Å². The van der Waals surface area contributed by atoms with E-state index in [0.29, 0.717) is 17.8 Å². The van der Waals surface area contributed by atoms with E-state index in [0.717, 1.165) is 25.8 Å². The van der Waals surface area contributed by atoms with Gasteiger partial charge in [0.1, 0.15) is 6.10 Å². The van der Waals surface area contributed by atoms with E-state index in [1.165, 1.54) is 0 Å². The van der Waals surface area contributed by atoms with Crippen LogP contribution in [0.15, 0.2) is 4.52 Å². The second kappa shape index (κ2) is 7.40. The Balaban J connectivity index is 2.52. The van der Waals surface area contributed by atoms with Crippen LogP contribution in [0.25, 0.3) is 0 Å². The van der Waals surface area contributed by atoms with Crippen LogP contribution in [0.2, 0.25) is 0 Å². The summed E-state index contributed by atoms with van der Waals surface area (Å²) >= 11 is 0. The van der Waals surface area contributed by atoms with Crippen molar-refractivity contribution in [1.29, 1.82) is 0 Å². The van der Waals surface area contributed by atoms with Crippen molar-refractivity contribution in [3.05, 3.63) is 11.7 Å². The molecule has 2 unspecified atom stereocenters. The number of methoxy groups -OCH3 is 1. The van der Waals surface area contributed by atoms with Gasteiger partial charge in [0.15, 0.2) is 5.82 Å². The Labute approximate surface area is 103 Å². The summed E-state index contributed by atoms with van der Waals surface area (Å²) in [6, 6.07) is 0.404. The second-order valence-electron chi connectivity index (χ2n) is 4.19. The largest absolute Gasteiger partial charge is 0.374 e. The Bertz CT molecular complexity index is 314. The average molecular weight is 241 g/mol. The molecular formula is C12H23N3O2. The number of nitrogens with zero attached hydrogens (tertiary/aromatic N) is 2. The van der Waals surface area contributed by atoms with Crippen molar-refractivity contribution in [3.8, 4) is 0 Å². The summed E-state index contributed by atoms with van der Waals surface area (Å²) in [7, 11) is 1.64. The molecule has 0 aliphatic carbocycles. The van der Waals surface area contributed by atoms with E-state index in [1.54, 1.807) is 7.11 Å². The molecule has 1 aromatic heterocycles. The van der Waals surface area contributed by atoms with E-state index in [4.69, 9.17) is 9.26 Å². The van der Waals surface area contributed by atoms with Crippen molar-refractivity contribution in [1.82, 2.24) is 15.5 Å². The van der Waals surface area contributed by atoms with Gasteiger partial charge in [-0.3, -0.25) is 0 Å². The molecule has 0 saturated heterocycles. The van der Waals surface area contributed by atoms with Crippen molar-refractivity contribution in [2.75, 3.05) is 13.7 Å². The summed E-state index contributed by atoms with van der Waals surface area (Å²) in [4.78, 5) is 4.33. The minimum absolute atomic E-state index is 0.115. The van der Waals surface area contributed by atoms with E-state index in [9.17, 15) is 0 Å². The minimum Gasteiger partial charge on any atom is -0.374 e. The maximum atomic E-state index is 5.22. The third kappa shape index (κ3) is 4.44. The summed E-state index contributed by atoms with van der Waals surface area (Å²) in [6.07, 6.45) is 2.85. The molecule has 5 nitrogen and oxygen atoms in total. The van der Waals surface area contributed by atoms with Gasteiger partial charge in [0.25, 0.3) is 0 Å². The van der Waals surface area contributed by atoms with E-state index < -0.39 is 0 Å². The van der Waals surface area contributed by atoms with Gasteiger partial charge in [0.05, 0.1) is 0 Å². The van der Waals surface area contributed by atoms with Gasteiger partial charge in [-0.05, 0) is 26.3 Å². The highest BCUT2D eigenvalue weighted by Gasteiger charge is 2.15. The summed E-state index contributed by atoms with van der Waals surface area (Å²) in [5.41, 5.74) is 0. The topological polar surface area (TPSA) is 60.2 Å². The molecule has 1 N–H and O–H groups in total. The first kappa shape index (κ1) is 14.1. The predicted molar refractivity (Wildman–Crippen MR) is 65.8 cm³/mol. The molecule has 0 amide bonds. The van der Waals surface area contributed by atoms with Crippen LogP contribution in [-0.2, 0) is 11.2 Å². The zero-order chi connectivity index (χ0) is 12.7. The molecule has 1 rings (SSSR count). The zero-order valence-electron chi connectivity index (χ0n) is 11.2. The lowest BCUT2D eigenvalue weighted by Crippen LogP contribution is -2.31.